The highest BCUT2D eigenvalue weighted by atomic mass is 16.5. The van der Waals surface area contributed by atoms with Crippen molar-refractivity contribution < 1.29 is 23.5 Å². The zero-order valence-corrected chi connectivity index (χ0v) is 17.1. The number of esters is 1. The van der Waals surface area contributed by atoms with Gasteiger partial charge in [-0.25, -0.2) is 10.2 Å². The van der Waals surface area contributed by atoms with Crippen molar-refractivity contribution >= 4 is 29.0 Å². The predicted octanol–water partition coefficient (Wildman–Crippen LogP) is 3.81. The van der Waals surface area contributed by atoms with Crippen molar-refractivity contribution in [3.05, 3.63) is 84.3 Å². The summed E-state index contributed by atoms with van der Waals surface area (Å²) in [5.41, 5.74) is 4.33. The minimum absolute atomic E-state index is 0.205. The summed E-state index contributed by atoms with van der Waals surface area (Å²) in [6, 6.07) is 19.6. The Hall–Kier alpha value is -4.46. The molecule has 0 spiro atoms. The molecule has 0 radical (unpaired) electrons. The number of methoxy groups -OCH3 is 1. The maximum Gasteiger partial charge on any atom is 0.337 e. The molecule has 2 aromatic carbocycles. The number of nitrogens with zero attached hydrogens (tertiary/aromatic N) is 2. The summed E-state index contributed by atoms with van der Waals surface area (Å²) in [4.78, 5) is 27.8. The first-order valence-electron chi connectivity index (χ1n) is 9.71. The summed E-state index contributed by atoms with van der Waals surface area (Å²) in [6.07, 6.45) is 3.06. The number of ether oxygens (including phenoxy) is 2. The molecule has 0 aliphatic carbocycles. The third-order valence-electron chi connectivity index (χ3n) is 4.55. The Bertz CT molecular complexity index is 1270. The fraction of sp³-hybridized carbons (Fsp3) is 0.0833. The van der Waals surface area contributed by atoms with Crippen LogP contribution in [-0.2, 0) is 9.53 Å². The van der Waals surface area contributed by atoms with Crippen molar-refractivity contribution in [1.29, 1.82) is 0 Å². The Labute approximate surface area is 183 Å². The molecule has 2 aromatic heterocycles. The first kappa shape index (κ1) is 20.8. The number of aromatic nitrogens is 1. The molecule has 2 heterocycles. The van der Waals surface area contributed by atoms with Crippen LogP contribution in [0.4, 0.5) is 0 Å². The first-order valence-corrected chi connectivity index (χ1v) is 9.71. The number of amides is 1. The number of pyridine rings is 1. The standard InChI is InChI=1S/C24H19N3O5/c1-30-24(29)18-9-7-16(8-10-18)20-12-11-19(32-20)14-26-27-22(28)15-31-21-6-2-4-17-5-3-13-25-23(17)21/h2-14H,15H2,1H3,(H,27,28)/b26-14+. The molecule has 32 heavy (non-hydrogen) atoms. The largest absolute Gasteiger partial charge is 0.481 e. The van der Waals surface area contributed by atoms with E-state index in [-0.39, 0.29) is 6.61 Å². The number of nitrogens with one attached hydrogen (secondary N) is 1. The second-order valence-electron chi connectivity index (χ2n) is 6.68. The lowest BCUT2D eigenvalue weighted by Gasteiger charge is -2.07. The molecule has 160 valence electrons. The van der Waals surface area contributed by atoms with Gasteiger partial charge in [0, 0.05) is 17.1 Å². The van der Waals surface area contributed by atoms with Gasteiger partial charge < -0.3 is 13.9 Å². The van der Waals surface area contributed by atoms with Crippen LogP contribution in [-0.4, -0.2) is 36.8 Å². The summed E-state index contributed by atoms with van der Waals surface area (Å²) < 4.78 is 16.0. The summed E-state index contributed by atoms with van der Waals surface area (Å²) in [5, 5.41) is 4.82. The van der Waals surface area contributed by atoms with Crippen LogP contribution in [0.5, 0.6) is 5.75 Å². The molecule has 1 amide bonds. The molecular formula is C24H19N3O5. The van der Waals surface area contributed by atoms with Crippen molar-refractivity contribution in [2.45, 2.75) is 0 Å². The molecule has 8 nitrogen and oxygen atoms in total. The normalized spacial score (nSPS) is 10.9. The smallest absolute Gasteiger partial charge is 0.337 e. The monoisotopic (exact) mass is 429 g/mol. The second kappa shape index (κ2) is 9.57. The van der Waals surface area contributed by atoms with E-state index in [0.717, 1.165) is 10.9 Å². The summed E-state index contributed by atoms with van der Waals surface area (Å²) >= 11 is 0. The number of fused-ring (bicyclic) bond motifs is 1. The molecule has 0 bridgehead atoms. The third-order valence-corrected chi connectivity index (χ3v) is 4.55. The SMILES string of the molecule is COC(=O)c1ccc(-c2ccc(/C=N/NC(=O)COc3cccc4cccnc34)o2)cc1. The molecule has 0 atom stereocenters. The Kier molecular flexibility index (Phi) is 6.22. The van der Waals surface area contributed by atoms with Gasteiger partial charge in [0.25, 0.3) is 5.91 Å². The van der Waals surface area contributed by atoms with Crippen LogP contribution in [0.25, 0.3) is 22.2 Å². The van der Waals surface area contributed by atoms with Crippen LogP contribution in [0.1, 0.15) is 16.1 Å². The van der Waals surface area contributed by atoms with Crippen LogP contribution in [0, 0.1) is 0 Å². The number of furan rings is 1. The highest BCUT2D eigenvalue weighted by Gasteiger charge is 2.08. The zero-order valence-electron chi connectivity index (χ0n) is 17.1. The van der Waals surface area contributed by atoms with Gasteiger partial charge in [0.2, 0.25) is 0 Å². The van der Waals surface area contributed by atoms with Gasteiger partial charge in [0.15, 0.2) is 6.61 Å². The van der Waals surface area contributed by atoms with Gasteiger partial charge in [-0.1, -0.05) is 30.3 Å². The number of carbonyl (C=O) groups is 2. The zero-order chi connectivity index (χ0) is 22.3. The molecule has 4 aromatic rings. The van der Waals surface area contributed by atoms with E-state index >= 15 is 0 Å². The predicted molar refractivity (Wildman–Crippen MR) is 118 cm³/mol. The maximum atomic E-state index is 12.0. The number of carbonyl (C=O) groups excluding carboxylic acids is 2. The van der Waals surface area contributed by atoms with E-state index in [1.54, 1.807) is 48.7 Å². The van der Waals surface area contributed by atoms with Crippen molar-refractivity contribution in [3.63, 3.8) is 0 Å². The summed E-state index contributed by atoms with van der Waals surface area (Å²) in [6.45, 7) is -0.205. The van der Waals surface area contributed by atoms with Gasteiger partial charge in [0.1, 0.15) is 22.8 Å². The number of benzene rings is 2. The number of para-hydroxylation sites is 1. The molecule has 0 aliphatic heterocycles. The highest BCUT2D eigenvalue weighted by molar-refractivity contribution is 5.90. The molecule has 0 aliphatic rings. The fourth-order valence-corrected chi connectivity index (χ4v) is 3.00. The van der Waals surface area contributed by atoms with E-state index < -0.39 is 11.9 Å². The third kappa shape index (κ3) is 4.81. The first-order chi connectivity index (χ1) is 15.6. The molecule has 4 rings (SSSR count). The number of hydrogen-bond acceptors (Lipinski definition) is 7. The molecule has 0 unspecified atom stereocenters. The van der Waals surface area contributed by atoms with Gasteiger partial charge in [-0.15, -0.1) is 0 Å². The van der Waals surface area contributed by atoms with Gasteiger partial charge in [-0.3, -0.25) is 9.78 Å². The van der Waals surface area contributed by atoms with Crippen LogP contribution >= 0.6 is 0 Å². The average Bonchev–Trinajstić information content (AvgIpc) is 3.31. The minimum atomic E-state index is -0.417. The van der Waals surface area contributed by atoms with Crippen LogP contribution in [0.2, 0.25) is 0 Å². The summed E-state index contributed by atoms with van der Waals surface area (Å²) in [5.74, 6) is 0.758. The lowest BCUT2D eigenvalue weighted by molar-refractivity contribution is -0.123. The van der Waals surface area contributed by atoms with Gasteiger partial charge >= 0.3 is 5.97 Å². The Morgan fingerprint density at radius 1 is 1.06 bits per heavy atom. The Morgan fingerprint density at radius 2 is 1.88 bits per heavy atom. The second-order valence-corrected chi connectivity index (χ2v) is 6.68. The van der Waals surface area contributed by atoms with E-state index in [0.29, 0.717) is 28.4 Å². The topological polar surface area (TPSA) is 103 Å². The van der Waals surface area contributed by atoms with E-state index in [4.69, 9.17) is 9.15 Å². The number of hydrogen-bond donors (Lipinski definition) is 1. The maximum absolute atomic E-state index is 12.0. The minimum Gasteiger partial charge on any atom is -0.481 e. The molecule has 0 saturated carbocycles. The van der Waals surface area contributed by atoms with E-state index in [1.165, 1.54) is 13.3 Å². The van der Waals surface area contributed by atoms with Crippen molar-refractivity contribution in [1.82, 2.24) is 10.4 Å². The number of rotatable bonds is 7. The van der Waals surface area contributed by atoms with Gasteiger partial charge in [-0.2, -0.15) is 5.10 Å². The van der Waals surface area contributed by atoms with Crippen LogP contribution < -0.4 is 10.2 Å². The lowest BCUT2D eigenvalue weighted by atomic mass is 10.1. The molecular weight excluding hydrogens is 410 g/mol. The van der Waals surface area contributed by atoms with E-state index in [9.17, 15) is 9.59 Å². The van der Waals surface area contributed by atoms with Gasteiger partial charge in [-0.05, 0) is 36.4 Å². The fourth-order valence-electron chi connectivity index (χ4n) is 3.00. The molecule has 0 fully saturated rings. The highest BCUT2D eigenvalue weighted by Crippen LogP contribution is 2.23. The Morgan fingerprint density at radius 3 is 2.69 bits per heavy atom. The average molecular weight is 429 g/mol. The summed E-state index contributed by atoms with van der Waals surface area (Å²) in [7, 11) is 1.33. The van der Waals surface area contributed by atoms with E-state index in [1.807, 2.05) is 24.3 Å². The Balaban J connectivity index is 1.32. The molecule has 8 heteroatoms. The quantitative estimate of drug-likeness (QED) is 0.272. The van der Waals surface area contributed by atoms with Crippen molar-refractivity contribution in [2.24, 2.45) is 5.10 Å². The van der Waals surface area contributed by atoms with Crippen molar-refractivity contribution in [2.75, 3.05) is 13.7 Å². The van der Waals surface area contributed by atoms with Crippen LogP contribution in [0.3, 0.4) is 0 Å². The molecule has 0 saturated heterocycles. The lowest BCUT2D eigenvalue weighted by Crippen LogP contribution is -2.24. The van der Waals surface area contributed by atoms with Crippen molar-refractivity contribution in [3.8, 4) is 17.1 Å². The van der Waals surface area contributed by atoms with Gasteiger partial charge in [0.05, 0.1) is 18.9 Å². The van der Waals surface area contributed by atoms with Crippen LogP contribution in [0.15, 0.2) is 82.4 Å². The molecule has 1 N–H and O–H groups in total. The number of hydrazone groups is 1. The van der Waals surface area contributed by atoms with E-state index in [2.05, 4.69) is 20.2 Å².